The molecule has 2 fully saturated rings. The number of morpholine rings is 1. The van der Waals surface area contributed by atoms with Crippen LogP contribution < -0.4 is 11.1 Å². The Labute approximate surface area is 123 Å². The SMILES string of the molecule is NC(=O)c1csc(CNCC2CN3CCCC3CO2)c1. The molecule has 0 radical (unpaired) electrons. The molecule has 1 amide bonds. The summed E-state index contributed by atoms with van der Waals surface area (Å²) in [6.07, 6.45) is 2.87. The Hall–Kier alpha value is -0.950. The first-order valence-electron chi connectivity index (χ1n) is 7.16. The summed E-state index contributed by atoms with van der Waals surface area (Å²) in [5.74, 6) is -0.358. The van der Waals surface area contributed by atoms with Crippen LogP contribution in [0.25, 0.3) is 0 Å². The molecule has 2 unspecified atom stereocenters. The van der Waals surface area contributed by atoms with E-state index in [1.54, 1.807) is 11.3 Å². The van der Waals surface area contributed by atoms with Crippen molar-refractivity contribution in [1.82, 2.24) is 10.2 Å². The van der Waals surface area contributed by atoms with Crippen LogP contribution in [0.3, 0.4) is 0 Å². The molecule has 3 rings (SSSR count). The topological polar surface area (TPSA) is 67.6 Å². The van der Waals surface area contributed by atoms with Gasteiger partial charge in [-0.15, -0.1) is 11.3 Å². The van der Waals surface area contributed by atoms with E-state index < -0.39 is 0 Å². The fourth-order valence-electron chi connectivity index (χ4n) is 2.97. The molecule has 0 saturated carbocycles. The van der Waals surface area contributed by atoms with Crippen molar-refractivity contribution in [2.45, 2.75) is 31.5 Å². The molecule has 6 heteroatoms. The van der Waals surface area contributed by atoms with Crippen molar-refractivity contribution in [3.8, 4) is 0 Å². The van der Waals surface area contributed by atoms with Crippen LogP contribution in [-0.2, 0) is 11.3 Å². The number of carbonyl (C=O) groups is 1. The van der Waals surface area contributed by atoms with Crippen LogP contribution >= 0.6 is 11.3 Å². The highest BCUT2D eigenvalue weighted by atomic mass is 32.1. The van der Waals surface area contributed by atoms with Gasteiger partial charge in [-0.25, -0.2) is 0 Å². The lowest BCUT2D eigenvalue weighted by Gasteiger charge is -2.35. The predicted octanol–water partition coefficient (Wildman–Crippen LogP) is 0.800. The number of nitrogens with two attached hydrogens (primary N) is 1. The molecule has 3 N–H and O–H groups in total. The van der Waals surface area contributed by atoms with E-state index in [9.17, 15) is 4.79 Å². The van der Waals surface area contributed by atoms with Crippen LogP contribution in [0.15, 0.2) is 11.4 Å². The third-order valence-corrected chi connectivity index (χ3v) is 5.01. The molecule has 0 aromatic carbocycles. The molecule has 1 aromatic rings. The van der Waals surface area contributed by atoms with Gasteiger partial charge in [-0.2, -0.15) is 0 Å². The number of nitrogens with one attached hydrogen (secondary N) is 1. The summed E-state index contributed by atoms with van der Waals surface area (Å²) in [5, 5.41) is 5.22. The van der Waals surface area contributed by atoms with Crippen molar-refractivity contribution in [3.63, 3.8) is 0 Å². The van der Waals surface area contributed by atoms with Gasteiger partial charge >= 0.3 is 0 Å². The molecule has 20 heavy (non-hydrogen) atoms. The molecule has 2 atom stereocenters. The fraction of sp³-hybridized carbons (Fsp3) is 0.643. The van der Waals surface area contributed by atoms with E-state index in [0.29, 0.717) is 11.6 Å². The predicted molar refractivity (Wildman–Crippen MR) is 78.9 cm³/mol. The van der Waals surface area contributed by atoms with Gasteiger partial charge in [0.25, 0.3) is 0 Å². The first kappa shape index (κ1) is 14.0. The second kappa shape index (κ2) is 6.22. The summed E-state index contributed by atoms with van der Waals surface area (Å²) < 4.78 is 5.90. The van der Waals surface area contributed by atoms with E-state index >= 15 is 0 Å². The number of primary amides is 1. The number of ether oxygens (including phenoxy) is 1. The minimum atomic E-state index is -0.358. The monoisotopic (exact) mass is 295 g/mol. The van der Waals surface area contributed by atoms with Crippen LogP contribution in [-0.4, -0.2) is 49.2 Å². The van der Waals surface area contributed by atoms with Crippen molar-refractivity contribution in [1.29, 1.82) is 0 Å². The minimum absolute atomic E-state index is 0.278. The number of fused-ring (bicyclic) bond motifs is 1. The van der Waals surface area contributed by atoms with Crippen molar-refractivity contribution in [2.75, 3.05) is 26.2 Å². The Morgan fingerprint density at radius 2 is 2.50 bits per heavy atom. The second-order valence-electron chi connectivity index (χ2n) is 5.54. The third kappa shape index (κ3) is 3.20. The molecular weight excluding hydrogens is 274 g/mol. The van der Waals surface area contributed by atoms with Crippen LogP contribution in [0, 0.1) is 0 Å². The van der Waals surface area contributed by atoms with E-state index in [4.69, 9.17) is 10.5 Å². The molecule has 2 saturated heterocycles. The van der Waals surface area contributed by atoms with Gasteiger partial charge < -0.3 is 15.8 Å². The summed E-state index contributed by atoms with van der Waals surface area (Å²) in [5.41, 5.74) is 5.84. The Bertz CT molecular complexity index is 477. The van der Waals surface area contributed by atoms with E-state index in [1.807, 2.05) is 11.4 Å². The summed E-state index contributed by atoms with van der Waals surface area (Å²) in [6, 6.07) is 2.51. The van der Waals surface area contributed by atoms with Gasteiger partial charge in [0.05, 0.1) is 18.3 Å². The number of amides is 1. The van der Waals surface area contributed by atoms with E-state index in [-0.39, 0.29) is 12.0 Å². The molecule has 3 heterocycles. The van der Waals surface area contributed by atoms with Crippen LogP contribution in [0.4, 0.5) is 0 Å². The molecular formula is C14H21N3O2S. The third-order valence-electron chi connectivity index (χ3n) is 4.07. The van der Waals surface area contributed by atoms with Crippen LogP contribution in [0.2, 0.25) is 0 Å². The second-order valence-corrected chi connectivity index (χ2v) is 6.54. The van der Waals surface area contributed by atoms with Gasteiger partial charge in [-0.1, -0.05) is 0 Å². The summed E-state index contributed by atoms with van der Waals surface area (Å²) in [6.45, 7) is 4.75. The number of nitrogens with zero attached hydrogens (tertiary/aromatic N) is 1. The number of hydrogen-bond acceptors (Lipinski definition) is 5. The standard InChI is InChI=1S/C14H21N3O2S/c15-14(18)10-4-13(20-9-10)6-16-5-12-7-17-3-1-2-11(17)8-19-12/h4,9,11-12,16H,1-3,5-8H2,(H2,15,18). The van der Waals surface area contributed by atoms with E-state index in [1.165, 1.54) is 19.4 Å². The molecule has 0 bridgehead atoms. The smallest absolute Gasteiger partial charge is 0.249 e. The maximum Gasteiger partial charge on any atom is 0.249 e. The zero-order chi connectivity index (χ0) is 13.9. The Morgan fingerprint density at radius 1 is 1.60 bits per heavy atom. The van der Waals surface area contributed by atoms with Crippen molar-refractivity contribution < 1.29 is 9.53 Å². The highest BCUT2D eigenvalue weighted by Crippen LogP contribution is 2.22. The summed E-state index contributed by atoms with van der Waals surface area (Å²) >= 11 is 1.57. The van der Waals surface area contributed by atoms with Crippen LogP contribution in [0.5, 0.6) is 0 Å². The zero-order valence-electron chi connectivity index (χ0n) is 11.5. The normalized spacial score (nSPS) is 26.6. The maximum atomic E-state index is 11.0. The van der Waals surface area contributed by atoms with Crippen molar-refractivity contribution >= 4 is 17.2 Å². The Balaban J connectivity index is 1.42. The number of thiophene rings is 1. The van der Waals surface area contributed by atoms with Gasteiger partial charge in [-0.05, 0) is 25.5 Å². The molecule has 2 aliphatic rings. The lowest BCUT2D eigenvalue weighted by atomic mass is 10.2. The van der Waals surface area contributed by atoms with Crippen LogP contribution in [0.1, 0.15) is 28.1 Å². The van der Waals surface area contributed by atoms with Gasteiger partial charge in [-0.3, -0.25) is 9.69 Å². The Kier molecular flexibility index (Phi) is 4.35. The Morgan fingerprint density at radius 3 is 3.30 bits per heavy atom. The minimum Gasteiger partial charge on any atom is -0.374 e. The maximum absolute atomic E-state index is 11.0. The first-order chi connectivity index (χ1) is 9.72. The lowest BCUT2D eigenvalue weighted by molar-refractivity contribution is -0.0470. The van der Waals surface area contributed by atoms with Gasteiger partial charge in [0.2, 0.25) is 5.91 Å². The van der Waals surface area contributed by atoms with E-state index in [2.05, 4.69) is 10.2 Å². The van der Waals surface area contributed by atoms with Crippen molar-refractivity contribution in [2.24, 2.45) is 5.73 Å². The first-order valence-corrected chi connectivity index (χ1v) is 8.04. The molecule has 110 valence electrons. The molecule has 0 aliphatic carbocycles. The quantitative estimate of drug-likeness (QED) is 0.843. The highest BCUT2D eigenvalue weighted by Gasteiger charge is 2.31. The van der Waals surface area contributed by atoms with Gasteiger partial charge in [0.1, 0.15) is 0 Å². The van der Waals surface area contributed by atoms with Crippen molar-refractivity contribution in [3.05, 3.63) is 21.9 Å². The molecule has 5 nitrogen and oxygen atoms in total. The summed E-state index contributed by atoms with van der Waals surface area (Å²) in [7, 11) is 0. The molecule has 2 aliphatic heterocycles. The van der Waals surface area contributed by atoms with Gasteiger partial charge in [0, 0.05) is 35.9 Å². The largest absolute Gasteiger partial charge is 0.374 e. The molecule has 0 spiro atoms. The average molecular weight is 295 g/mol. The summed E-state index contributed by atoms with van der Waals surface area (Å²) in [4.78, 5) is 14.7. The molecule has 1 aromatic heterocycles. The average Bonchev–Trinajstić information content (AvgIpc) is 3.06. The number of rotatable bonds is 5. The fourth-order valence-corrected chi connectivity index (χ4v) is 3.81. The van der Waals surface area contributed by atoms with Gasteiger partial charge in [0.15, 0.2) is 0 Å². The number of hydrogen-bond donors (Lipinski definition) is 2. The zero-order valence-corrected chi connectivity index (χ0v) is 12.3. The van der Waals surface area contributed by atoms with E-state index in [0.717, 1.165) is 31.1 Å². The number of carbonyl (C=O) groups excluding carboxylic acids is 1. The lowest BCUT2D eigenvalue weighted by Crippen LogP contribution is -2.49. The highest BCUT2D eigenvalue weighted by molar-refractivity contribution is 7.10.